The fourth-order valence-corrected chi connectivity index (χ4v) is 1.94. The fourth-order valence-electron chi connectivity index (χ4n) is 1.94. The van der Waals surface area contributed by atoms with Gasteiger partial charge in [-0.3, -0.25) is 4.79 Å². The van der Waals surface area contributed by atoms with Crippen LogP contribution < -0.4 is 5.32 Å². The second-order valence-corrected chi connectivity index (χ2v) is 5.15. The Labute approximate surface area is 122 Å². The number of anilines is 1. The number of carboxylic acids is 1. The average molecular weight is 284 g/mol. The summed E-state index contributed by atoms with van der Waals surface area (Å²) in [7, 11) is 0. The summed E-state index contributed by atoms with van der Waals surface area (Å²) < 4.78 is 0. The fraction of sp³-hybridized carbons (Fsp3) is 0.188. The second-order valence-electron chi connectivity index (χ2n) is 5.15. The standard InChI is InChI=1S/C16H16N2O3/c1-16(2,11-7-4-3-5-8-11)15(21)18-12-9-6-10-17-13(12)14(19)20/h3-10H,1-2H3,(H,18,21)(H,19,20). The molecule has 108 valence electrons. The summed E-state index contributed by atoms with van der Waals surface area (Å²) in [6, 6.07) is 12.4. The highest BCUT2D eigenvalue weighted by atomic mass is 16.4. The molecule has 1 heterocycles. The van der Waals surface area contributed by atoms with Crippen LogP contribution in [0.2, 0.25) is 0 Å². The van der Waals surface area contributed by atoms with Crippen molar-refractivity contribution in [1.29, 1.82) is 0 Å². The minimum atomic E-state index is -1.18. The lowest BCUT2D eigenvalue weighted by Crippen LogP contribution is -2.35. The van der Waals surface area contributed by atoms with Crippen molar-refractivity contribution in [2.45, 2.75) is 19.3 Å². The van der Waals surface area contributed by atoms with Gasteiger partial charge in [0.2, 0.25) is 5.91 Å². The van der Waals surface area contributed by atoms with Crippen molar-refractivity contribution < 1.29 is 14.7 Å². The Morgan fingerprint density at radius 2 is 1.76 bits per heavy atom. The number of carbonyl (C=O) groups excluding carboxylic acids is 1. The number of amides is 1. The van der Waals surface area contributed by atoms with Gasteiger partial charge in [-0.25, -0.2) is 9.78 Å². The molecule has 0 atom stereocenters. The number of hydrogen-bond donors (Lipinski definition) is 2. The molecular weight excluding hydrogens is 268 g/mol. The van der Waals surface area contributed by atoms with Gasteiger partial charge in [-0.05, 0) is 31.5 Å². The molecule has 5 heteroatoms. The zero-order valence-corrected chi connectivity index (χ0v) is 11.8. The predicted octanol–water partition coefficient (Wildman–Crippen LogP) is 2.70. The number of aromatic nitrogens is 1. The first kappa shape index (κ1) is 14.7. The molecule has 0 spiro atoms. The van der Waals surface area contributed by atoms with E-state index in [0.717, 1.165) is 5.56 Å². The summed E-state index contributed by atoms with van der Waals surface area (Å²) in [5.74, 6) is -1.47. The Hall–Kier alpha value is -2.69. The monoisotopic (exact) mass is 284 g/mol. The summed E-state index contributed by atoms with van der Waals surface area (Å²) in [5.41, 5.74) is 0.0874. The van der Waals surface area contributed by atoms with Gasteiger partial charge in [-0.2, -0.15) is 0 Å². The molecule has 2 N–H and O–H groups in total. The molecule has 0 aliphatic carbocycles. The molecule has 2 aromatic rings. The number of nitrogens with zero attached hydrogens (tertiary/aromatic N) is 1. The van der Waals surface area contributed by atoms with Crippen LogP contribution in [0.1, 0.15) is 29.9 Å². The van der Waals surface area contributed by atoms with Crippen LogP contribution in [0.25, 0.3) is 0 Å². The molecule has 0 aliphatic heterocycles. The van der Waals surface area contributed by atoms with E-state index in [1.165, 1.54) is 12.3 Å². The Kier molecular flexibility index (Phi) is 4.03. The highest BCUT2D eigenvalue weighted by molar-refractivity contribution is 6.03. The minimum Gasteiger partial charge on any atom is -0.476 e. The third-order valence-corrected chi connectivity index (χ3v) is 3.32. The van der Waals surface area contributed by atoms with Crippen LogP contribution in [0, 0.1) is 0 Å². The van der Waals surface area contributed by atoms with Crippen molar-refractivity contribution in [3.63, 3.8) is 0 Å². The van der Waals surface area contributed by atoms with Crippen LogP contribution in [0.15, 0.2) is 48.7 Å². The summed E-state index contributed by atoms with van der Waals surface area (Å²) in [5, 5.41) is 11.7. The molecule has 2 rings (SSSR count). The number of rotatable bonds is 4. The third kappa shape index (κ3) is 3.08. The number of carboxylic acid groups (broad SMARTS) is 1. The molecule has 1 aromatic carbocycles. The molecule has 0 saturated carbocycles. The normalized spacial score (nSPS) is 11.0. The van der Waals surface area contributed by atoms with E-state index in [1.807, 2.05) is 30.3 Å². The Bertz CT molecular complexity index is 666. The lowest BCUT2D eigenvalue weighted by molar-refractivity contribution is -0.120. The molecule has 0 fully saturated rings. The van der Waals surface area contributed by atoms with Gasteiger partial charge in [-0.1, -0.05) is 30.3 Å². The smallest absolute Gasteiger partial charge is 0.356 e. The Morgan fingerprint density at radius 1 is 1.10 bits per heavy atom. The molecule has 0 saturated heterocycles. The van der Waals surface area contributed by atoms with Crippen LogP contribution in [0.5, 0.6) is 0 Å². The first-order valence-electron chi connectivity index (χ1n) is 6.48. The summed E-state index contributed by atoms with van der Waals surface area (Å²) >= 11 is 0. The quantitative estimate of drug-likeness (QED) is 0.904. The van der Waals surface area contributed by atoms with Crippen molar-refractivity contribution in [3.8, 4) is 0 Å². The lowest BCUT2D eigenvalue weighted by atomic mass is 9.83. The van der Waals surface area contributed by atoms with Crippen molar-refractivity contribution in [2.75, 3.05) is 5.32 Å². The third-order valence-electron chi connectivity index (χ3n) is 3.32. The topological polar surface area (TPSA) is 79.3 Å². The molecular formula is C16H16N2O3. The van der Waals surface area contributed by atoms with Crippen molar-refractivity contribution in [3.05, 3.63) is 59.9 Å². The summed E-state index contributed by atoms with van der Waals surface area (Å²) in [6.07, 6.45) is 1.38. The molecule has 21 heavy (non-hydrogen) atoms. The van der Waals surface area contributed by atoms with E-state index in [4.69, 9.17) is 5.11 Å². The van der Waals surface area contributed by atoms with Crippen LogP contribution in [0.4, 0.5) is 5.69 Å². The van der Waals surface area contributed by atoms with Gasteiger partial charge < -0.3 is 10.4 Å². The second kappa shape index (κ2) is 5.75. The molecule has 5 nitrogen and oxygen atoms in total. The Balaban J connectivity index is 2.28. The number of aromatic carboxylic acids is 1. The largest absolute Gasteiger partial charge is 0.476 e. The van der Waals surface area contributed by atoms with E-state index in [0.29, 0.717) is 0 Å². The molecule has 0 radical (unpaired) electrons. The first-order chi connectivity index (χ1) is 9.93. The predicted molar refractivity (Wildman–Crippen MR) is 79.3 cm³/mol. The molecule has 1 amide bonds. The molecule has 1 aromatic heterocycles. The van der Waals surface area contributed by atoms with Gasteiger partial charge in [0.1, 0.15) is 0 Å². The van der Waals surface area contributed by atoms with E-state index < -0.39 is 11.4 Å². The average Bonchev–Trinajstić information content (AvgIpc) is 2.48. The van der Waals surface area contributed by atoms with Gasteiger partial charge in [0.15, 0.2) is 5.69 Å². The van der Waals surface area contributed by atoms with Crippen LogP contribution in [-0.2, 0) is 10.2 Å². The number of nitrogens with one attached hydrogen (secondary N) is 1. The van der Waals surface area contributed by atoms with Gasteiger partial charge in [0.25, 0.3) is 0 Å². The molecule has 0 bridgehead atoms. The number of carbonyl (C=O) groups is 2. The number of hydrogen-bond acceptors (Lipinski definition) is 3. The Morgan fingerprint density at radius 3 is 2.38 bits per heavy atom. The summed E-state index contributed by atoms with van der Waals surface area (Å²) in [6.45, 7) is 3.57. The maximum Gasteiger partial charge on any atom is 0.356 e. The highest BCUT2D eigenvalue weighted by Gasteiger charge is 2.30. The zero-order chi connectivity index (χ0) is 15.5. The molecule has 0 unspecified atom stereocenters. The van der Waals surface area contributed by atoms with Gasteiger partial charge in [0, 0.05) is 6.20 Å². The number of pyridine rings is 1. The minimum absolute atomic E-state index is 0.172. The van der Waals surface area contributed by atoms with Gasteiger partial charge in [0.05, 0.1) is 11.1 Å². The SMILES string of the molecule is CC(C)(C(=O)Nc1cccnc1C(=O)O)c1ccccc1. The van der Waals surface area contributed by atoms with E-state index >= 15 is 0 Å². The van der Waals surface area contributed by atoms with Crippen LogP contribution >= 0.6 is 0 Å². The number of benzene rings is 1. The zero-order valence-electron chi connectivity index (χ0n) is 11.8. The van der Waals surface area contributed by atoms with Gasteiger partial charge >= 0.3 is 5.97 Å². The van der Waals surface area contributed by atoms with E-state index in [2.05, 4.69) is 10.3 Å². The van der Waals surface area contributed by atoms with Crippen LogP contribution in [0.3, 0.4) is 0 Å². The molecule has 0 aliphatic rings. The first-order valence-corrected chi connectivity index (χ1v) is 6.48. The van der Waals surface area contributed by atoms with Crippen molar-refractivity contribution in [2.24, 2.45) is 0 Å². The van der Waals surface area contributed by atoms with Gasteiger partial charge in [-0.15, -0.1) is 0 Å². The lowest BCUT2D eigenvalue weighted by Gasteiger charge is -2.24. The van der Waals surface area contributed by atoms with E-state index in [1.54, 1.807) is 19.9 Å². The maximum absolute atomic E-state index is 12.5. The van der Waals surface area contributed by atoms with Crippen molar-refractivity contribution in [1.82, 2.24) is 4.98 Å². The van der Waals surface area contributed by atoms with Crippen molar-refractivity contribution >= 4 is 17.6 Å². The maximum atomic E-state index is 12.5. The highest BCUT2D eigenvalue weighted by Crippen LogP contribution is 2.25. The summed E-state index contributed by atoms with van der Waals surface area (Å²) in [4.78, 5) is 27.4. The van der Waals surface area contributed by atoms with E-state index in [9.17, 15) is 9.59 Å². The van der Waals surface area contributed by atoms with Crippen LogP contribution in [-0.4, -0.2) is 22.0 Å². The van der Waals surface area contributed by atoms with E-state index in [-0.39, 0.29) is 17.3 Å².